The van der Waals surface area contributed by atoms with Crippen LogP contribution in [0.25, 0.3) is 11.8 Å². The van der Waals surface area contributed by atoms with Gasteiger partial charge in [0.25, 0.3) is 5.91 Å². The molecule has 0 radical (unpaired) electrons. The average molecular weight is 435 g/mol. The lowest BCUT2D eigenvalue weighted by Gasteiger charge is -2.18. The Labute approximate surface area is 187 Å². The van der Waals surface area contributed by atoms with E-state index in [-0.39, 0.29) is 17.6 Å². The van der Waals surface area contributed by atoms with E-state index in [2.05, 4.69) is 10.4 Å². The van der Waals surface area contributed by atoms with Crippen molar-refractivity contribution in [2.45, 2.75) is 27.7 Å². The zero-order valence-electron chi connectivity index (χ0n) is 18.7. The maximum Gasteiger partial charge on any atom is 0.253 e. The zero-order chi connectivity index (χ0) is 23.3. The van der Waals surface area contributed by atoms with E-state index in [9.17, 15) is 14.0 Å². The number of carbonyl (C=O) groups excluding carboxylic acids is 2. The number of hydrogen-bond donors (Lipinski definition) is 1. The fourth-order valence-corrected chi connectivity index (χ4v) is 3.46. The summed E-state index contributed by atoms with van der Waals surface area (Å²) < 4.78 is 14.9. The maximum absolute atomic E-state index is 13.2. The van der Waals surface area contributed by atoms with E-state index >= 15 is 0 Å². The molecule has 1 N–H and O–H groups in total. The Hall–Kier alpha value is -3.74. The van der Waals surface area contributed by atoms with Crippen molar-refractivity contribution in [3.63, 3.8) is 0 Å². The van der Waals surface area contributed by atoms with Gasteiger partial charge in [-0.25, -0.2) is 9.07 Å². The molecule has 1 heterocycles. The molecule has 0 aliphatic heterocycles. The van der Waals surface area contributed by atoms with Crippen LogP contribution in [0.2, 0.25) is 0 Å². The van der Waals surface area contributed by atoms with Crippen LogP contribution in [0.1, 0.15) is 41.2 Å². The van der Waals surface area contributed by atoms with Crippen molar-refractivity contribution in [2.24, 2.45) is 0 Å². The third-order valence-corrected chi connectivity index (χ3v) is 5.27. The van der Waals surface area contributed by atoms with Crippen LogP contribution in [0, 0.1) is 19.7 Å². The van der Waals surface area contributed by atoms with Gasteiger partial charge in [0.05, 0.1) is 11.4 Å². The summed E-state index contributed by atoms with van der Waals surface area (Å²) in [6.45, 7) is 8.93. The van der Waals surface area contributed by atoms with Crippen LogP contribution in [0.5, 0.6) is 0 Å². The largest absolute Gasteiger partial charge is 0.339 e. The number of nitrogens with one attached hydrogen (secondary N) is 1. The SMILES string of the molecule is CCN(CC)C(=O)c1ccc(NC(=O)/C=C/c2c(C)nn(-c3ccc(F)cc3)c2C)cc1. The Morgan fingerprint density at radius 3 is 2.25 bits per heavy atom. The van der Waals surface area contributed by atoms with Crippen LogP contribution in [-0.4, -0.2) is 39.6 Å². The van der Waals surface area contributed by atoms with Crippen LogP contribution < -0.4 is 5.32 Å². The second kappa shape index (κ2) is 10.0. The van der Waals surface area contributed by atoms with Gasteiger partial charge in [-0.05, 0) is 82.3 Å². The van der Waals surface area contributed by atoms with Crippen molar-refractivity contribution < 1.29 is 14.0 Å². The first-order valence-electron chi connectivity index (χ1n) is 10.5. The Bertz CT molecular complexity index is 1130. The number of carbonyl (C=O) groups is 2. The van der Waals surface area contributed by atoms with Crippen molar-refractivity contribution in [3.8, 4) is 5.69 Å². The summed E-state index contributed by atoms with van der Waals surface area (Å²) in [6, 6.07) is 12.9. The predicted molar refractivity (Wildman–Crippen MR) is 124 cm³/mol. The molecule has 6 nitrogen and oxygen atoms in total. The number of nitrogens with zero attached hydrogens (tertiary/aromatic N) is 3. The number of aromatic nitrogens is 2. The number of benzene rings is 2. The molecule has 0 atom stereocenters. The molecule has 2 amide bonds. The predicted octanol–water partition coefficient (Wildman–Crippen LogP) is 4.76. The number of halogens is 1. The van der Waals surface area contributed by atoms with E-state index in [4.69, 9.17) is 0 Å². The van der Waals surface area contributed by atoms with E-state index in [0.717, 1.165) is 22.6 Å². The molecule has 7 heteroatoms. The molecule has 3 aromatic rings. The summed E-state index contributed by atoms with van der Waals surface area (Å²) in [6.07, 6.45) is 3.16. The normalized spacial score (nSPS) is 11.0. The number of hydrogen-bond acceptors (Lipinski definition) is 3. The molecule has 0 spiro atoms. The quantitative estimate of drug-likeness (QED) is 0.545. The Morgan fingerprint density at radius 2 is 1.66 bits per heavy atom. The molecule has 2 aromatic carbocycles. The molecule has 0 aliphatic rings. The van der Waals surface area contributed by atoms with Gasteiger partial charge >= 0.3 is 0 Å². The highest BCUT2D eigenvalue weighted by Crippen LogP contribution is 2.20. The monoisotopic (exact) mass is 434 g/mol. The highest BCUT2D eigenvalue weighted by molar-refractivity contribution is 6.02. The van der Waals surface area contributed by atoms with Crippen LogP contribution in [0.4, 0.5) is 10.1 Å². The molecule has 0 aliphatic carbocycles. The number of amides is 2. The molecule has 3 rings (SSSR count). The molecule has 0 saturated carbocycles. The first-order valence-corrected chi connectivity index (χ1v) is 10.5. The van der Waals surface area contributed by atoms with Gasteiger partial charge in [0.15, 0.2) is 0 Å². The summed E-state index contributed by atoms with van der Waals surface area (Å²) in [5.41, 5.74) is 4.36. The van der Waals surface area contributed by atoms with E-state index in [0.29, 0.717) is 24.3 Å². The second-order valence-electron chi connectivity index (χ2n) is 7.35. The Morgan fingerprint density at radius 1 is 1.03 bits per heavy atom. The molecule has 1 aromatic heterocycles. The molecule has 0 fully saturated rings. The third-order valence-electron chi connectivity index (χ3n) is 5.27. The maximum atomic E-state index is 13.2. The summed E-state index contributed by atoms with van der Waals surface area (Å²) >= 11 is 0. The van der Waals surface area contributed by atoms with Crippen LogP contribution in [-0.2, 0) is 4.79 Å². The van der Waals surface area contributed by atoms with Gasteiger partial charge in [-0.15, -0.1) is 0 Å². The minimum atomic E-state index is -0.308. The van der Waals surface area contributed by atoms with Crippen LogP contribution in [0.3, 0.4) is 0 Å². The van der Waals surface area contributed by atoms with Gasteiger partial charge in [0, 0.05) is 41.7 Å². The van der Waals surface area contributed by atoms with Crippen molar-refractivity contribution in [2.75, 3.05) is 18.4 Å². The molecule has 0 saturated heterocycles. The summed E-state index contributed by atoms with van der Waals surface area (Å²) in [5, 5.41) is 7.30. The van der Waals surface area contributed by atoms with E-state index in [1.165, 1.54) is 18.2 Å². The molecular weight excluding hydrogens is 407 g/mol. The van der Waals surface area contributed by atoms with Crippen molar-refractivity contribution in [1.82, 2.24) is 14.7 Å². The van der Waals surface area contributed by atoms with E-state index < -0.39 is 0 Å². The molecule has 0 unspecified atom stereocenters. The topological polar surface area (TPSA) is 67.2 Å². The lowest BCUT2D eigenvalue weighted by atomic mass is 10.1. The van der Waals surface area contributed by atoms with Gasteiger partial charge in [-0.3, -0.25) is 9.59 Å². The van der Waals surface area contributed by atoms with E-state index in [1.807, 2.05) is 27.7 Å². The van der Waals surface area contributed by atoms with Gasteiger partial charge in [0.2, 0.25) is 5.91 Å². The smallest absolute Gasteiger partial charge is 0.253 e. The fourth-order valence-electron chi connectivity index (χ4n) is 3.46. The molecule has 166 valence electrons. The fraction of sp³-hybridized carbons (Fsp3) is 0.240. The molecule has 32 heavy (non-hydrogen) atoms. The van der Waals surface area contributed by atoms with Crippen molar-refractivity contribution in [1.29, 1.82) is 0 Å². The lowest BCUT2D eigenvalue weighted by Crippen LogP contribution is -2.30. The zero-order valence-corrected chi connectivity index (χ0v) is 18.7. The number of aryl methyl sites for hydroxylation is 1. The van der Waals surface area contributed by atoms with Crippen LogP contribution >= 0.6 is 0 Å². The van der Waals surface area contributed by atoms with Crippen LogP contribution in [0.15, 0.2) is 54.6 Å². The first-order chi connectivity index (χ1) is 15.3. The van der Waals surface area contributed by atoms with Crippen molar-refractivity contribution >= 4 is 23.6 Å². The van der Waals surface area contributed by atoms with E-state index in [1.54, 1.807) is 52.1 Å². The summed E-state index contributed by atoms with van der Waals surface area (Å²) in [5.74, 6) is -0.629. The van der Waals surface area contributed by atoms with Crippen molar-refractivity contribution in [3.05, 3.63) is 82.9 Å². The Balaban J connectivity index is 1.69. The van der Waals surface area contributed by atoms with Gasteiger partial charge < -0.3 is 10.2 Å². The minimum Gasteiger partial charge on any atom is -0.339 e. The highest BCUT2D eigenvalue weighted by atomic mass is 19.1. The number of rotatable bonds is 7. The Kier molecular flexibility index (Phi) is 7.20. The second-order valence-corrected chi connectivity index (χ2v) is 7.35. The minimum absolute atomic E-state index is 0.0307. The average Bonchev–Trinajstić information content (AvgIpc) is 3.07. The highest BCUT2D eigenvalue weighted by Gasteiger charge is 2.13. The lowest BCUT2D eigenvalue weighted by molar-refractivity contribution is -0.111. The summed E-state index contributed by atoms with van der Waals surface area (Å²) in [4.78, 5) is 26.5. The molecular formula is C25H27FN4O2. The first kappa shape index (κ1) is 22.9. The third kappa shape index (κ3) is 5.11. The standard InChI is InChI=1S/C25H27FN4O2/c1-5-29(6-2)25(32)19-7-11-21(12-8-19)27-24(31)16-15-23-17(3)28-30(18(23)4)22-13-9-20(26)10-14-22/h7-16H,5-6H2,1-4H3,(H,27,31)/b16-15+. The van der Waals surface area contributed by atoms with Gasteiger partial charge in [-0.2, -0.15) is 5.10 Å². The van der Waals surface area contributed by atoms with Gasteiger partial charge in [0.1, 0.15) is 5.82 Å². The summed E-state index contributed by atoms with van der Waals surface area (Å²) in [7, 11) is 0. The number of anilines is 1. The van der Waals surface area contributed by atoms with Gasteiger partial charge in [-0.1, -0.05) is 0 Å². The molecule has 0 bridgehead atoms.